The standard InChI is InChI=1S/C19H28N2O.ClH/c1-15-7-5-8-16(13-15)18-10-3-2-4-12-21(18)19(22)17-9-6-11-20-14-17;/h5,7-8,13,17-18,20H,2-4,6,9-12,14H2,1H3;1H. The Hall–Kier alpha value is -1.06. The van der Waals surface area contributed by atoms with Crippen LogP contribution in [0.4, 0.5) is 0 Å². The maximum absolute atomic E-state index is 13.1. The zero-order valence-electron chi connectivity index (χ0n) is 14.1. The van der Waals surface area contributed by atoms with E-state index < -0.39 is 0 Å². The first-order valence-electron chi connectivity index (χ1n) is 8.83. The van der Waals surface area contributed by atoms with E-state index >= 15 is 0 Å². The minimum Gasteiger partial charge on any atom is -0.335 e. The Labute approximate surface area is 146 Å². The van der Waals surface area contributed by atoms with Gasteiger partial charge in [0.1, 0.15) is 0 Å². The van der Waals surface area contributed by atoms with Crippen LogP contribution in [0.15, 0.2) is 24.3 Å². The summed E-state index contributed by atoms with van der Waals surface area (Å²) in [7, 11) is 0. The summed E-state index contributed by atoms with van der Waals surface area (Å²) in [6.45, 7) is 4.98. The number of carbonyl (C=O) groups is 1. The molecule has 0 spiro atoms. The number of piperidine rings is 1. The molecule has 2 heterocycles. The van der Waals surface area contributed by atoms with Crippen LogP contribution in [-0.4, -0.2) is 30.4 Å². The molecule has 3 rings (SSSR count). The fourth-order valence-corrected chi connectivity index (χ4v) is 3.89. The molecule has 0 bridgehead atoms. The number of halogens is 1. The van der Waals surface area contributed by atoms with Crippen molar-refractivity contribution in [3.8, 4) is 0 Å². The first kappa shape index (κ1) is 18.3. The SMILES string of the molecule is Cc1cccc(C2CCCCCN2C(=O)C2CCCNC2)c1.Cl. The van der Waals surface area contributed by atoms with E-state index in [0.717, 1.165) is 45.3 Å². The van der Waals surface area contributed by atoms with Crippen molar-refractivity contribution in [3.63, 3.8) is 0 Å². The highest BCUT2D eigenvalue weighted by atomic mass is 35.5. The molecule has 1 N–H and O–H groups in total. The van der Waals surface area contributed by atoms with Crippen molar-refractivity contribution in [1.29, 1.82) is 0 Å². The van der Waals surface area contributed by atoms with Crippen LogP contribution in [0.1, 0.15) is 55.7 Å². The summed E-state index contributed by atoms with van der Waals surface area (Å²) in [6, 6.07) is 8.99. The molecule has 2 aliphatic heterocycles. The van der Waals surface area contributed by atoms with Crippen LogP contribution in [0.5, 0.6) is 0 Å². The summed E-state index contributed by atoms with van der Waals surface area (Å²) in [5, 5.41) is 3.39. The van der Waals surface area contributed by atoms with E-state index in [1.807, 2.05) is 0 Å². The summed E-state index contributed by atoms with van der Waals surface area (Å²) < 4.78 is 0. The molecule has 2 fully saturated rings. The van der Waals surface area contributed by atoms with Gasteiger partial charge in [0, 0.05) is 13.1 Å². The highest BCUT2D eigenvalue weighted by Crippen LogP contribution is 2.32. The Morgan fingerprint density at radius 2 is 2.04 bits per heavy atom. The number of carbonyl (C=O) groups excluding carboxylic acids is 1. The van der Waals surface area contributed by atoms with Gasteiger partial charge in [-0.2, -0.15) is 0 Å². The van der Waals surface area contributed by atoms with Crippen LogP contribution in [0.2, 0.25) is 0 Å². The van der Waals surface area contributed by atoms with Crippen LogP contribution < -0.4 is 5.32 Å². The first-order chi connectivity index (χ1) is 10.8. The highest BCUT2D eigenvalue weighted by Gasteiger charge is 2.32. The van der Waals surface area contributed by atoms with Gasteiger partial charge in [0.05, 0.1) is 12.0 Å². The van der Waals surface area contributed by atoms with E-state index in [9.17, 15) is 4.79 Å². The molecule has 0 saturated carbocycles. The number of amides is 1. The Morgan fingerprint density at radius 3 is 2.78 bits per heavy atom. The van der Waals surface area contributed by atoms with Gasteiger partial charge in [-0.15, -0.1) is 12.4 Å². The maximum atomic E-state index is 13.1. The maximum Gasteiger partial charge on any atom is 0.227 e. The largest absolute Gasteiger partial charge is 0.335 e. The van der Waals surface area contributed by atoms with Crippen molar-refractivity contribution >= 4 is 18.3 Å². The molecule has 23 heavy (non-hydrogen) atoms. The third kappa shape index (κ3) is 4.48. The van der Waals surface area contributed by atoms with E-state index in [1.54, 1.807) is 0 Å². The third-order valence-electron chi connectivity index (χ3n) is 5.11. The Balaban J connectivity index is 0.00000192. The number of rotatable bonds is 2. The van der Waals surface area contributed by atoms with Gasteiger partial charge in [0.15, 0.2) is 0 Å². The molecule has 1 aromatic carbocycles. The van der Waals surface area contributed by atoms with Crippen molar-refractivity contribution < 1.29 is 4.79 Å². The normalized spacial score (nSPS) is 25.3. The van der Waals surface area contributed by atoms with Crippen molar-refractivity contribution in [2.45, 2.75) is 51.5 Å². The smallest absolute Gasteiger partial charge is 0.227 e. The van der Waals surface area contributed by atoms with E-state index in [-0.39, 0.29) is 24.4 Å². The van der Waals surface area contributed by atoms with Crippen LogP contribution in [-0.2, 0) is 4.79 Å². The third-order valence-corrected chi connectivity index (χ3v) is 5.11. The molecule has 2 atom stereocenters. The molecule has 0 radical (unpaired) electrons. The quantitative estimate of drug-likeness (QED) is 0.889. The van der Waals surface area contributed by atoms with Crippen molar-refractivity contribution in [2.75, 3.05) is 19.6 Å². The monoisotopic (exact) mass is 336 g/mol. The van der Waals surface area contributed by atoms with Gasteiger partial charge in [-0.3, -0.25) is 4.79 Å². The van der Waals surface area contributed by atoms with Gasteiger partial charge < -0.3 is 10.2 Å². The lowest BCUT2D eigenvalue weighted by Gasteiger charge is -2.35. The molecule has 4 heteroatoms. The summed E-state index contributed by atoms with van der Waals surface area (Å²) in [6.07, 6.45) is 6.89. The van der Waals surface area contributed by atoms with Crippen LogP contribution in [0.3, 0.4) is 0 Å². The molecule has 1 amide bonds. The molecule has 2 unspecified atom stereocenters. The molecule has 128 valence electrons. The summed E-state index contributed by atoms with van der Waals surface area (Å²) in [4.78, 5) is 15.3. The highest BCUT2D eigenvalue weighted by molar-refractivity contribution is 5.85. The molecule has 0 aliphatic carbocycles. The van der Waals surface area contributed by atoms with Crippen molar-refractivity contribution in [2.24, 2.45) is 5.92 Å². The number of nitrogens with zero attached hydrogens (tertiary/aromatic N) is 1. The topological polar surface area (TPSA) is 32.3 Å². The fraction of sp³-hybridized carbons (Fsp3) is 0.632. The number of hydrogen-bond donors (Lipinski definition) is 1. The van der Waals surface area contributed by atoms with E-state index in [4.69, 9.17) is 0 Å². The lowest BCUT2D eigenvalue weighted by molar-refractivity contribution is -0.138. The van der Waals surface area contributed by atoms with Gasteiger partial charge in [-0.1, -0.05) is 42.7 Å². The Bertz CT molecular complexity index is 514. The zero-order valence-corrected chi connectivity index (χ0v) is 14.9. The fourth-order valence-electron chi connectivity index (χ4n) is 3.89. The number of hydrogen-bond acceptors (Lipinski definition) is 2. The average Bonchev–Trinajstić information content (AvgIpc) is 2.81. The molecule has 2 saturated heterocycles. The van der Waals surface area contributed by atoms with Crippen molar-refractivity contribution in [3.05, 3.63) is 35.4 Å². The zero-order chi connectivity index (χ0) is 15.4. The second-order valence-electron chi connectivity index (χ2n) is 6.85. The van der Waals surface area contributed by atoms with E-state index in [2.05, 4.69) is 41.4 Å². The molecule has 1 aromatic rings. The van der Waals surface area contributed by atoms with Gasteiger partial charge in [-0.05, 0) is 44.7 Å². The van der Waals surface area contributed by atoms with Crippen molar-refractivity contribution in [1.82, 2.24) is 10.2 Å². The van der Waals surface area contributed by atoms with E-state index in [1.165, 1.54) is 24.0 Å². The molecule has 0 aromatic heterocycles. The minimum absolute atomic E-state index is 0. The Kier molecular flexibility index (Phi) is 6.91. The van der Waals surface area contributed by atoms with E-state index in [0.29, 0.717) is 5.91 Å². The molecular formula is C19H29ClN2O. The Morgan fingerprint density at radius 1 is 1.17 bits per heavy atom. The van der Waals surface area contributed by atoms with Crippen LogP contribution >= 0.6 is 12.4 Å². The molecule has 3 nitrogen and oxygen atoms in total. The number of likely N-dealkylation sites (tertiary alicyclic amines) is 1. The lowest BCUT2D eigenvalue weighted by atomic mass is 9.94. The predicted molar refractivity (Wildman–Crippen MR) is 96.9 cm³/mol. The molecule has 2 aliphatic rings. The second-order valence-corrected chi connectivity index (χ2v) is 6.85. The summed E-state index contributed by atoms with van der Waals surface area (Å²) >= 11 is 0. The number of aryl methyl sites for hydroxylation is 1. The first-order valence-corrected chi connectivity index (χ1v) is 8.83. The van der Waals surface area contributed by atoms with Gasteiger partial charge in [-0.25, -0.2) is 0 Å². The molecular weight excluding hydrogens is 308 g/mol. The summed E-state index contributed by atoms with van der Waals surface area (Å²) in [5.74, 6) is 0.555. The number of benzene rings is 1. The predicted octanol–water partition coefficient (Wildman–Crippen LogP) is 3.86. The average molecular weight is 337 g/mol. The second kappa shape index (κ2) is 8.70. The van der Waals surface area contributed by atoms with Crippen LogP contribution in [0.25, 0.3) is 0 Å². The number of nitrogens with one attached hydrogen (secondary N) is 1. The van der Waals surface area contributed by atoms with Gasteiger partial charge in [0.2, 0.25) is 5.91 Å². The van der Waals surface area contributed by atoms with Crippen LogP contribution in [0, 0.1) is 12.8 Å². The van der Waals surface area contributed by atoms with Gasteiger partial charge >= 0.3 is 0 Å². The lowest BCUT2D eigenvalue weighted by Crippen LogP contribution is -2.44. The minimum atomic E-state index is 0. The van der Waals surface area contributed by atoms with Gasteiger partial charge in [0.25, 0.3) is 0 Å². The summed E-state index contributed by atoms with van der Waals surface area (Å²) in [5.41, 5.74) is 2.60.